The van der Waals surface area contributed by atoms with E-state index in [4.69, 9.17) is 5.11 Å². The summed E-state index contributed by atoms with van der Waals surface area (Å²) in [7, 11) is 0. The van der Waals surface area contributed by atoms with Gasteiger partial charge in [-0.15, -0.1) is 0 Å². The van der Waals surface area contributed by atoms with Crippen molar-refractivity contribution in [1.82, 2.24) is 4.90 Å². The number of nitrogens with zero attached hydrogens (tertiary/aromatic N) is 1. The van der Waals surface area contributed by atoms with Crippen LogP contribution in [-0.4, -0.2) is 39.6 Å². The van der Waals surface area contributed by atoms with Crippen LogP contribution in [0.3, 0.4) is 0 Å². The number of aliphatic carboxylic acids is 1. The lowest BCUT2D eigenvalue weighted by Gasteiger charge is -2.36. The highest BCUT2D eigenvalue weighted by Gasteiger charge is 2.28. The molecular weight excluding hydrogens is 301 g/mol. The van der Waals surface area contributed by atoms with Crippen LogP contribution < -0.4 is 0 Å². The Labute approximate surface area is 134 Å². The Morgan fingerprint density at radius 2 is 2.13 bits per heavy atom. The molecule has 0 unspecified atom stereocenters. The fraction of sp³-hybridized carbons (Fsp3) is 0.529. The predicted molar refractivity (Wildman–Crippen MR) is 82.2 cm³/mol. The monoisotopic (exact) mass is 323 g/mol. The van der Waals surface area contributed by atoms with Crippen molar-refractivity contribution in [3.8, 4) is 0 Å². The summed E-state index contributed by atoms with van der Waals surface area (Å²) in [6.07, 6.45) is 1.92. The van der Waals surface area contributed by atoms with Gasteiger partial charge in [0.1, 0.15) is 5.82 Å². The first kappa shape index (κ1) is 17.4. The molecule has 1 heterocycles. The van der Waals surface area contributed by atoms with E-state index >= 15 is 0 Å². The number of carboxylic acid groups (broad SMARTS) is 1. The van der Waals surface area contributed by atoms with Crippen LogP contribution in [0.5, 0.6) is 0 Å². The predicted octanol–water partition coefficient (Wildman–Crippen LogP) is 2.50. The van der Waals surface area contributed by atoms with Gasteiger partial charge in [-0.25, -0.2) is 4.39 Å². The Morgan fingerprint density at radius 3 is 2.83 bits per heavy atom. The summed E-state index contributed by atoms with van der Waals surface area (Å²) in [4.78, 5) is 24.9. The molecule has 0 spiro atoms. The molecule has 0 radical (unpaired) electrons. The minimum atomic E-state index is -1.06. The number of carboxylic acids is 1. The van der Waals surface area contributed by atoms with Gasteiger partial charge in [0, 0.05) is 19.0 Å². The zero-order valence-electron chi connectivity index (χ0n) is 12.9. The molecule has 1 saturated heterocycles. The number of rotatable bonds is 6. The van der Waals surface area contributed by atoms with E-state index in [9.17, 15) is 19.1 Å². The number of halogens is 1. The lowest BCUT2D eigenvalue weighted by atomic mass is 9.96. The molecule has 1 aromatic carbocycles. The van der Waals surface area contributed by atoms with Gasteiger partial charge in [-0.3, -0.25) is 9.59 Å². The number of likely N-dealkylation sites (tertiary alicyclic amines) is 1. The summed E-state index contributed by atoms with van der Waals surface area (Å²) < 4.78 is 13.2. The van der Waals surface area contributed by atoms with E-state index in [-0.39, 0.29) is 24.8 Å². The third-order valence-electron chi connectivity index (χ3n) is 4.24. The average molecular weight is 323 g/mol. The molecule has 0 bridgehead atoms. The topological polar surface area (TPSA) is 77.8 Å². The molecule has 126 valence electrons. The van der Waals surface area contributed by atoms with Crippen LogP contribution in [0.25, 0.3) is 0 Å². The highest BCUT2D eigenvalue weighted by molar-refractivity contribution is 5.77. The Balaban J connectivity index is 1.98. The minimum Gasteiger partial charge on any atom is -0.481 e. The average Bonchev–Trinajstić information content (AvgIpc) is 2.53. The molecular formula is C17H22FNO4. The number of piperidine rings is 1. The van der Waals surface area contributed by atoms with Gasteiger partial charge in [0.15, 0.2) is 0 Å². The van der Waals surface area contributed by atoms with Crippen molar-refractivity contribution in [2.45, 2.75) is 50.7 Å². The number of amides is 1. The van der Waals surface area contributed by atoms with Crippen molar-refractivity contribution >= 4 is 11.9 Å². The Hall–Kier alpha value is -1.95. The molecule has 0 aromatic heterocycles. The first-order chi connectivity index (χ1) is 11.0. The van der Waals surface area contributed by atoms with Gasteiger partial charge in [-0.2, -0.15) is 0 Å². The first-order valence-electron chi connectivity index (χ1n) is 7.92. The molecule has 1 amide bonds. The summed E-state index contributed by atoms with van der Waals surface area (Å²) in [5.41, 5.74) is 0.373. The lowest BCUT2D eigenvalue weighted by molar-refractivity contribution is -0.141. The summed E-state index contributed by atoms with van der Waals surface area (Å²) in [6.45, 7) is 0.582. The maximum Gasteiger partial charge on any atom is 0.303 e. The molecule has 23 heavy (non-hydrogen) atoms. The van der Waals surface area contributed by atoms with Crippen molar-refractivity contribution in [3.63, 3.8) is 0 Å². The molecule has 1 aliphatic heterocycles. The second-order valence-electron chi connectivity index (χ2n) is 5.94. The summed E-state index contributed by atoms with van der Waals surface area (Å²) in [5.74, 6) is -1.54. The van der Waals surface area contributed by atoms with E-state index in [1.54, 1.807) is 11.0 Å². The zero-order chi connectivity index (χ0) is 16.8. The fourth-order valence-corrected chi connectivity index (χ4v) is 3.03. The summed E-state index contributed by atoms with van der Waals surface area (Å²) >= 11 is 0. The number of aliphatic hydroxyl groups excluding tert-OH is 1. The normalized spacial score (nSPS) is 19.4. The first-order valence-corrected chi connectivity index (χ1v) is 7.92. The number of carbonyl (C=O) groups excluding carboxylic acids is 1. The Morgan fingerprint density at radius 1 is 1.35 bits per heavy atom. The van der Waals surface area contributed by atoms with Crippen LogP contribution in [0.2, 0.25) is 0 Å². The SMILES string of the molecule is O=C(O)CC[C@@H]1CCCCN1C(=O)C[C@@H](O)c1cccc(F)c1. The van der Waals surface area contributed by atoms with Crippen LogP contribution in [0, 0.1) is 5.82 Å². The van der Waals surface area contributed by atoms with Crippen LogP contribution in [0.15, 0.2) is 24.3 Å². The third kappa shape index (κ3) is 5.03. The van der Waals surface area contributed by atoms with Crippen LogP contribution in [0.4, 0.5) is 4.39 Å². The second kappa shape index (κ2) is 8.06. The van der Waals surface area contributed by atoms with E-state index in [0.717, 1.165) is 19.3 Å². The summed E-state index contributed by atoms with van der Waals surface area (Å²) in [6, 6.07) is 5.49. The maximum absolute atomic E-state index is 13.2. The number of carbonyl (C=O) groups is 2. The standard InChI is InChI=1S/C17H22FNO4/c18-13-5-3-4-12(10-13)15(20)11-16(21)19-9-2-1-6-14(19)7-8-17(22)23/h3-5,10,14-15,20H,1-2,6-9,11H2,(H,22,23)/t14-,15+/m0/s1. The van der Waals surface area contributed by atoms with Gasteiger partial charge in [0.2, 0.25) is 5.91 Å². The molecule has 6 heteroatoms. The molecule has 1 fully saturated rings. The van der Waals surface area contributed by atoms with Gasteiger partial charge in [0.25, 0.3) is 0 Å². The highest BCUT2D eigenvalue weighted by atomic mass is 19.1. The molecule has 2 N–H and O–H groups in total. The van der Waals surface area contributed by atoms with Crippen LogP contribution in [-0.2, 0) is 9.59 Å². The number of hydrogen-bond donors (Lipinski definition) is 2. The minimum absolute atomic E-state index is 0.0287. The quantitative estimate of drug-likeness (QED) is 0.843. The molecule has 2 atom stereocenters. The molecule has 1 aromatic rings. The molecule has 0 aliphatic carbocycles. The van der Waals surface area contributed by atoms with Gasteiger partial charge < -0.3 is 15.1 Å². The number of hydrogen-bond acceptors (Lipinski definition) is 3. The van der Waals surface area contributed by atoms with Crippen LogP contribution >= 0.6 is 0 Å². The van der Waals surface area contributed by atoms with E-state index in [0.29, 0.717) is 18.5 Å². The van der Waals surface area contributed by atoms with E-state index < -0.39 is 17.9 Å². The van der Waals surface area contributed by atoms with E-state index in [1.165, 1.54) is 18.2 Å². The Bertz CT molecular complexity index is 563. The second-order valence-corrected chi connectivity index (χ2v) is 5.94. The largest absolute Gasteiger partial charge is 0.481 e. The van der Waals surface area contributed by atoms with Gasteiger partial charge in [0.05, 0.1) is 12.5 Å². The molecule has 1 aliphatic rings. The van der Waals surface area contributed by atoms with Crippen molar-refractivity contribution in [2.24, 2.45) is 0 Å². The van der Waals surface area contributed by atoms with Gasteiger partial charge in [-0.05, 0) is 43.4 Å². The van der Waals surface area contributed by atoms with Crippen LogP contribution in [0.1, 0.15) is 50.2 Å². The number of benzene rings is 1. The third-order valence-corrected chi connectivity index (χ3v) is 4.24. The maximum atomic E-state index is 13.2. The summed E-state index contributed by atoms with van der Waals surface area (Å²) in [5, 5.41) is 19.0. The van der Waals surface area contributed by atoms with Crippen molar-refractivity contribution in [3.05, 3.63) is 35.6 Å². The van der Waals surface area contributed by atoms with Crippen molar-refractivity contribution in [2.75, 3.05) is 6.54 Å². The van der Waals surface area contributed by atoms with Gasteiger partial charge in [-0.1, -0.05) is 12.1 Å². The molecule has 5 nitrogen and oxygen atoms in total. The number of aliphatic hydroxyl groups is 1. The van der Waals surface area contributed by atoms with Gasteiger partial charge >= 0.3 is 5.97 Å². The van der Waals surface area contributed by atoms with Crippen molar-refractivity contribution in [1.29, 1.82) is 0 Å². The zero-order valence-corrected chi connectivity index (χ0v) is 12.9. The lowest BCUT2D eigenvalue weighted by Crippen LogP contribution is -2.44. The smallest absolute Gasteiger partial charge is 0.303 e. The van der Waals surface area contributed by atoms with Crippen molar-refractivity contribution < 1.29 is 24.2 Å². The molecule has 0 saturated carbocycles. The Kier molecular flexibility index (Phi) is 6.10. The van der Waals surface area contributed by atoms with E-state index in [1.807, 2.05) is 0 Å². The molecule has 2 rings (SSSR count). The fourth-order valence-electron chi connectivity index (χ4n) is 3.03. The highest BCUT2D eigenvalue weighted by Crippen LogP contribution is 2.25. The van der Waals surface area contributed by atoms with E-state index in [2.05, 4.69) is 0 Å².